The standard InChI is InChI=1S/C25H32N2O3S2/c1-18(20-11-10-19-8-4-5-9-21(19)16-20)26-32(29,30)22-12-13-24(31-2)23(17-22)25(28)27-14-6-3-7-15-27/h10-13,16-18,26H,3-9,14-15H2,1-2H3/t18-/m0/s1. The molecular formula is C25H32N2O3S2. The number of amides is 1. The monoisotopic (exact) mass is 472 g/mol. The van der Waals surface area contributed by atoms with Crippen molar-refractivity contribution in [1.82, 2.24) is 9.62 Å². The smallest absolute Gasteiger partial charge is 0.255 e. The molecule has 7 heteroatoms. The number of hydrogen-bond donors (Lipinski definition) is 1. The van der Waals surface area contributed by atoms with E-state index < -0.39 is 10.0 Å². The molecule has 5 nitrogen and oxygen atoms in total. The Hall–Kier alpha value is -1.83. The molecule has 1 N–H and O–H groups in total. The van der Waals surface area contributed by atoms with Gasteiger partial charge in [-0.15, -0.1) is 11.8 Å². The zero-order chi connectivity index (χ0) is 22.7. The van der Waals surface area contributed by atoms with Crippen LogP contribution >= 0.6 is 11.8 Å². The number of aryl methyl sites for hydroxylation is 2. The molecule has 2 aromatic rings. The van der Waals surface area contributed by atoms with Crippen LogP contribution in [0.3, 0.4) is 0 Å². The number of thioether (sulfide) groups is 1. The molecule has 0 unspecified atom stereocenters. The maximum absolute atomic E-state index is 13.2. The average molecular weight is 473 g/mol. The molecule has 2 aliphatic rings. The number of benzene rings is 2. The van der Waals surface area contributed by atoms with E-state index >= 15 is 0 Å². The van der Waals surface area contributed by atoms with Crippen LogP contribution in [0.15, 0.2) is 46.2 Å². The van der Waals surface area contributed by atoms with E-state index in [4.69, 9.17) is 0 Å². The summed E-state index contributed by atoms with van der Waals surface area (Å²) in [5, 5.41) is 0. The fourth-order valence-electron chi connectivity index (χ4n) is 4.68. The van der Waals surface area contributed by atoms with Crippen LogP contribution in [0.1, 0.15) is 72.1 Å². The van der Waals surface area contributed by atoms with E-state index in [-0.39, 0.29) is 16.8 Å². The van der Waals surface area contributed by atoms with Crippen molar-refractivity contribution in [3.8, 4) is 0 Å². The van der Waals surface area contributed by atoms with Gasteiger partial charge in [-0.05, 0) is 93.0 Å². The summed E-state index contributed by atoms with van der Waals surface area (Å²) in [6, 6.07) is 10.8. The molecule has 0 bridgehead atoms. The average Bonchev–Trinajstić information content (AvgIpc) is 2.83. The molecule has 0 spiro atoms. The molecule has 1 aliphatic carbocycles. The van der Waals surface area contributed by atoms with Gasteiger partial charge >= 0.3 is 0 Å². The van der Waals surface area contributed by atoms with Crippen LogP contribution < -0.4 is 4.72 Å². The lowest BCUT2D eigenvalue weighted by molar-refractivity contribution is 0.0720. The third kappa shape index (κ3) is 5.05. The Labute approximate surface area is 196 Å². The van der Waals surface area contributed by atoms with Crippen LogP contribution in [0.5, 0.6) is 0 Å². The van der Waals surface area contributed by atoms with Gasteiger partial charge in [0.05, 0.1) is 10.5 Å². The van der Waals surface area contributed by atoms with Crippen LogP contribution in [0.25, 0.3) is 0 Å². The molecule has 1 amide bonds. The van der Waals surface area contributed by atoms with Crippen LogP contribution in [-0.4, -0.2) is 38.6 Å². The Morgan fingerprint density at radius 1 is 0.969 bits per heavy atom. The highest BCUT2D eigenvalue weighted by Gasteiger charge is 2.25. The zero-order valence-corrected chi connectivity index (χ0v) is 20.5. The van der Waals surface area contributed by atoms with E-state index in [0.717, 1.165) is 55.7 Å². The van der Waals surface area contributed by atoms with E-state index in [1.807, 2.05) is 24.1 Å². The lowest BCUT2D eigenvalue weighted by Crippen LogP contribution is -2.36. The summed E-state index contributed by atoms with van der Waals surface area (Å²) in [4.78, 5) is 15.9. The summed E-state index contributed by atoms with van der Waals surface area (Å²) in [7, 11) is -3.77. The van der Waals surface area contributed by atoms with Crippen molar-refractivity contribution in [1.29, 1.82) is 0 Å². The molecule has 4 rings (SSSR count). The van der Waals surface area contributed by atoms with Gasteiger partial charge < -0.3 is 4.90 Å². The normalized spacial score (nSPS) is 17.6. The number of piperidine rings is 1. The fourth-order valence-corrected chi connectivity index (χ4v) is 6.51. The summed E-state index contributed by atoms with van der Waals surface area (Å²) in [5.74, 6) is -0.0752. The molecule has 2 aromatic carbocycles. The van der Waals surface area contributed by atoms with E-state index in [2.05, 4.69) is 16.9 Å². The summed E-state index contributed by atoms with van der Waals surface area (Å²) in [5.41, 5.74) is 4.16. The second kappa shape index (κ2) is 9.98. The van der Waals surface area contributed by atoms with Crippen molar-refractivity contribution in [2.24, 2.45) is 0 Å². The number of carbonyl (C=O) groups excluding carboxylic acids is 1. The highest BCUT2D eigenvalue weighted by Crippen LogP contribution is 2.28. The minimum Gasteiger partial charge on any atom is -0.339 e. The minimum atomic E-state index is -3.77. The fraction of sp³-hybridized carbons (Fsp3) is 0.480. The molecule has 1 saturated heterocycles. The summed E-state index contributed by atoms with van der Waals surface area (Å²) < 4.78 is 29.2. The molecule has 172 valence electrons. The second-order valence-corrected chi connectivity index (χ2v) is 11.4. The Morgan fingerprint density at radius 2 is 1.69 bits per heavy atom. The zero-order valence-electron chi connectivity index (χ0n) is 18.9. The van der Waals surface area contributed by atoms with Gasteiger partial charge in [-0.1, -0.05) is 18.2 Å². The first-order valence-corrected chi connectivity index (χ1v) is 14.2. The van der Waals surface area contributed by atoms with Crippen LogP contribution in [0.2, 0.25) is 0 Å². The molecule has 0 aromatic heterocycles. The van der Waals surface area contributed by atoms with Crippen molar-refractivity contribution in [3.05, 3.63) is 58.7 Å². The predicted octanol–water partition coefficient (Wildman–Crippen LogP) is 4.95. The van der Waals surface area contributed by atoms with Gasteiger partial charge in [0.15, 0.2) is 0 Å². The first-order valence-electron chi connectivity index (χ1n) is 11.5. The molecule has 1 heterocycles. The molecular weight excluding hydrogens is 440 g/mol. The molecule has 0 saturated carbocycles. The number of hydrogen-bond acceptors (Lipinski definition) is 4. The first kappa shape index (κ1) is 23.3. The number of nitrogens with one attached hydrogen (secondary N) is 1. The first-order chi connectivity index (χ1) is 15.4. The lowest BCUT2D eigenvalue weighted by atomic mass is 9.89. The van der Waals surface area contributed by atoms with Crippen LogP contribution in [0, 0.1) is 0 Å². The molecule has 32 heavy (non-hydrogen) atoms. The SMILES string of the molecule is CSc1ccc(S(=O)(=O)N[C@@H](C)c2ccc3c(c2)CCCC3)cc1C(=O)N1CCCCC1. The lowest BCUT2D eigenvalue weighted by Gasteiger charge is -2.27. The molecule has 0 radical (unpaired) electrons. The highest BCUT2D eigenvalue weighted by atomic mass is 32.2. The molecule has 1 fully saturated rings. The maximum Gasteiger partial charge on any atom is 0.255 e. The van der Waals surface area contributed by atoms with Gasteiger partial charge in [-0.3, -0.25) is 4.79 Å². The molecule has 1 aliphatic heterocycles. The number of sulfonamides is 1. The predicted molar refractivity (Wildman–Crippen MR) is 130 cm³/mol. The Kier molecular flexibility index (Phi) is 7.27. The minimum absolute atomic E-state index is 0.0752. The van der Waals surface area contributed by atoms with Gasteiger partial charge in [0.1, 0.15) is 0 Å². The van der Waals surface area contributed by atoms with Crippen LogP contribution in [-0.2, 0) is 22.9 Å². The number of nitrogens with zero attached hydrogens (tertiary/aromatic N) is 1. The van der Waals surface area contributed by atoms with E-state index in [9.17, 15) is 13.2 Å². The number of carbonyl (C=O) groups is 1. The van der Waals surface area contributed by atoms with Gasteiger partial charge in [-0.25, -0.2) is 13.1 Å². The van der Waals surface area contributed by atoms with Gasteiger partial charge in [-0.2, -0.15) is 0 Å². The van der Waals surface area contributed by atoms with E-state index in [1.165, 1.54) is 35.7 Å². The number of rotatable bonds is 6. The van der Waals surface area contributed by atoms with Gasteiger partial charge in [0.25, 0.3) is 5.91 Å². The van der Waals surface area contributed by atoms with Crippen LogP contribution in [0.4, 0.5) is 0 Å². The summed E-state index contributed by atoms with van der Waals surface area (Å²) in [6.07, 6.45) is 9.61. The highest BCUT2D eigenvalue weighted by molar-refractivity contribution is 7.98. The quantitative estimate of drug-likeness (QED) is 0.604. The summed E-state index contributed by atoms with van der Waals surface area (Å²) in [6.45, 7) is 3.34. The van der Waals surface area contributed by atoms with E-state index in [0.29, 0.717) is 5.56 Å². The van der Waals surface area contributed by atoms with Crippen molar-refractivity contribution in [2.45, 2.75) is 67.7 Å². The number of fused-ring (bicyclic) bond motifs is 1. The van der Waals surface area contributed by atoms with Gasteiger partial charge in [0.2, 0.25) is 10.0 Å². The third-order valence-electron chi connectivity index (χ3n) is 6.56. The number of likely N-dealkylation sites (tertiary alicyclic amines) is 1. The third-order valence-corrected chi connectivity index (χ3v) is 8.89. The Balaban J connectivity index is 1.57. The Morgan fingerprint density at radius 3 is 2.41 bits per heavy atom. The van der Waals surface area contributed by atoms with Crippen molar-refractivity contribution < 1.29 is 13.2 Å². The van der Waals surface area contributed by atoms with E-state index in [1.54, 1.807) is 18.2 Å². The summed E-state index contributed by atoms with van der Waals surface area (Å²) >= 11 is 1.47. The maximum atomic E-state index is 13.2. The largest absolute Gasteiger partial charge is 0.339 e. The van der Waals surface area contributed by atoms with Crippen molar-refractivity contribution in [2.75, 3.05) is 19.3 Å². The van der Waals surface area contributed by atoms with Crippen molar-refractivity contribution >= 4 is 27.7 Å². The Bertz CT molecular complexity index is 1090. The molecule has 1 atom stereocenters. The second-order valence-electron chi connectivity index (χ2n) is 8.79. The topological polar surface area (TPSA) is 66.5 Å². The van der Waals surface area contributed by atoms with Crippen molar-refractivity contribution in [3.63, 3.8) is 0 Å². The van der Waals surface area contributed by atoms with Gasteiger partial charge in [0, 0.05) is 24.0 Å².